The molecule has 5 nitrogen and oxygen atoms in total. The van der Waals surface area contributed by atoms with Gasteiger partial charge in [-0.3, -0.25) is 9.00 Å². The number of imidazole rings is 1. The van der Waals surface area contributed by atoms with E-state index < -0.39 is 10.8 Å². The third-order valence-electron chi connectivity index (χ3n) is 3.91. The molecule has 3 rings (SSSR count). The molecule has 1 atom stereocenters. The highest BCUT2D eigenvalue weighted by molar-refractivity contribution is 7.84. The van der Waals surface area contributed by atoms with Gasteiger partial charge >= 0.3 is 0 Å². The Morgan fingerprint density at radius 3 is 2.58 bits per heavy atom. The maximum absolute atomic E-state index is 12.2. The second-order valence-electron chi connectivity index (χ2n) is 5.53. The Kier molecular flexibility index (Phi) is 4.76. The van der Waals surface area contributed by atoms with Gasteiger partial charge in [-0.05, 0) is 43.3 Å². The van der Waals surface area contributed by atoms with E-state index in [1.165, 1.54) is 0 Å². The Hall–Kier alpha value is -2.47. The largest absolute Gasteiger partial charge is 0.350 e. The van der Waals surface area contributed by atoms with Gasteiger partial charge in [0.25, 0.3) is 5.91 Å². The molecule has 0 aliphatic carbocycles. The molecule has 0 fully saturated rings. The number of carbonyl (C=O) groups excluding carboxylic acids is 1. The van der Waals surface area contributed by atoms with E-state index in [-0.39, 0.29) is 5.91 Å². The maximum atomic E-state index is 12.2. The van der Waals surface area contributed by atoms with Crippen LogP contribution < -0.4 is 5.32 Å². The van der Waals surface area contributed by atoms with Gasteiger partial charge in [0.15, 0.2) is 0 Å². The van der Waals surface area contributed by atoms with Crippen molar-refractivity contribution in [3.05, 3.63) is 59.9 Å². The first kappa shape index (κ1) is 16.4. The number of rotatable bonds is 5. The first-order chi connectivity index (χ1) is 11.6. The van der Waals surface area contributed by atoms with Crippen LogP contribution in [-0.4, -0.2) is 32.5 Å². The Morgan fingerprint density at radius 2 is 1.88 bits per heavy atom. The Labute approximate surface area is 143 Å². The van der Waals surface area contributed by atoms with E-state index in [2.05, 4.69) is 14.9 Å². The first-order valence-corrected chi connectivity index (χ1v) is 9.25. The predicted molar refractivity (Wildman–Crippen MR) is 95.6 cm³/mol. The lowest BCUT2D eigenvalue weighted by Crippen LogP contribution is -2.27. The van der Waals surface area contributed by atoms with E-state index in [4.69, 9.17) is 0 Å². The van der Waals surface area contributed by atoms with Crippen LogP contribution >= 0.6 is 0 Å². The molecule has 3 aromatic rings. The fourth-order valence-corrected chi connectivity index (χ4v) is 3.18. The van der Waals surface area contributed by atoms with Gasteiger partial charge < -0.3 is 9.88 Å². The highest BCUT2D eigenvalue weighted by atomic mass is 32.2. The van der Waals surface area contributed by atoms with Crippen LogP contribution in [0.15, 0.2) is 53.4 Å². The second kappa shape index (κ2) is 6.97. The van der Waals surface area contributed by atoms with Crippen molar-refractivity contribution < 1.29 is 9.00 Å². The van der Waals surface area contributed by atoms with E-state index in [9.17, 15) is 9.00 Å². The van der Waals surface area contributed by atoms with Crippen LogP contribution in [0.25, 0.3) is 11.0 Å². The number of amides is 1. The Bertz CT molecular complexity index is 900. The number of aromatic nitrogens is 2. The summed E-state index contributed by atoms with van der Waals surface area (Å²) in [7, 11) is -1.03. The molecule has 24 heavy (non-hydrogen) atoms. The Balaban J connectivity index is 1.64. The zero-order valence-corrected chi connectivity index (χ0v) is 14.5. The fourth-order valence-electron chi connectivity index (χ4n) is 2.66. The van der Waals surface area contributed by atoms with E-state index in [0.29, 0.717) is 23.5 Å². The van der Waals surface area contributed by atoms with Crippen LogP contribution in [0.1, 0.15) is 16.2 Å². The van der Waals surface area contributed by atoms with Crippen LogP contribution in [0.3, 0.4) is 0 Å². The first-order valence-electron chi connectivity index (χ1n) is 7.70. The minimum absolute atomic E-state index is 0.134. The number of nitrogens with zero attached hydrogens (tertiary/aromatic N) is 2. The quantitative estimate of drug-likeness (QED) is 0.775. The summed E-state index contributed by atoms with van der Waals surface area (Å²) in [6.07, 6.45) is 1.62. The third kappa shape index (κ3) is 3.38. The van der Waals surface area contributed by atoms with Gasteiger partial charge in [0, 0.05) is 40.6 Å². The van der Waals surface area contributed by atoms with Gasteiger partial charge in [0.2, 0.25) is 0 Å². The molecular weight excluding hydrogens is 322 g/mol. The lowest BCUT2D eigenvalue weighted by atomic mass is 10.2. The normalized spacial score (nSPS) is 12.2. The standard InChI is InChI=1S/C18H19N3O2S/c1-13-20-16-5-3-4-6-17(16)21(13)12-11-19-18(22)14-7-9-15(10-8-14)24(2)23/h3-10H,11-12H2,1-2H3,(H,19,22)/t24-/m1/s1. The molecule has 0 saturated carbocycles. The Morgan fingerprint density at radius 1 is 1.17 bits per heavy atom. The highest BCUT2D eigenvalue weighted by Gasteiger charge is 2.08. The molecule has 1 aromatic heterocycles. The minimum atomic E-state index is -1.03. The van der Waals surface area contributed by atoms with Gasteiger partial charge in [-0.15, -0.1) is 0 Å². The number of nitrogens with one attached hydrogen (secondary N) is 1. The number of carbonyl (C=O) groups is 1. The van der Waals surface area contributed by atoms with Crippen LogP contribution in [0.2, 0.25) is 0 Å². The molecule has 0 radical (unpaired) electrons. The van der Waals surface area contributed by atoms with Crippen molar-refractivity contribution in [2.45, 2.75) is 18.4 Å². The van der Waals surface area contributed by atoms with Crippen molar-refractivity contribution in [2.75, 3.05) is 12.8 Å². The van der Waals surface area contributed by atoms with Crippen molar-refractivity contribution in [1.82, 2.24) is 14.9 Å². The van der Waals surface area contributed by atoms with Crippen molar-refractivity contribution in [3.63, 3.8) is 0 Å². The summed E-state index contributed by atoms with van der Waals surface area (Å²) in [6.45, 7) is 3.14. The molecule has 6 heteroatoms. The van der Waals surface area contributed by atoms with E-state index in [1.54, 1.807) is 30.5 Å². The summed E-state index contributed by atoms with van der Waals surface area (Å²) in [6, 6.07) is 14.8. The molecule has 0 saturated heterocycles. The summed E-state index contributed by atoms with van der Waals surface area (Å²) in [4.78, 5) is 17.4. The van der Waals surface area contributed by atoms with Gasteiger partial charge in [0.1, 0.15) is 5.82 Å². The second-order valence-corrected chi connectivity index (χ2v) is 6.91. The number of hydrogen-bond acceptors (Lipinski definition) is 3. The van der Waals surface area contributed by atoms with Gasteiger partial charge in [-0.1, -0.05) is 12.1 Å². The number of fused-ring (bicyclic) bond motifs is 1. The molecule has 0 aliphatic heterocycles. The van der Waals surface area contributed by atoms with Gasteiger partial charge in [-0.2, -0.15) is 0 Å². The number of para-hydroxylation sites is 2. The van der Waals surface area contributed by atoms with Gasteiger partial charge in [0.05, 0.1) is 11.0 Å². The zero-order valence-electron chi connectivity index (χ0n) is 13.7. The van der Waals surface area contributed by atoms with Crippen molar-refractivity contribution >= 4 is 27.7 Å². The van der Waals surface area contributed by atoms with E-state index in [1.807, 2.05) is 31.2 Å². The molecule has 1 amide bonds. The average Bonchev–Trinajstić information content (AvgIpc) is 2.90. The van der Waals surface area contributed by atoms with Crippen LogP contribution in [0.4, 0.5) is 0 Å². The number of aryl methyl sites for hydroxylation is 1. The number of benzene rings is 2. The molecule has 1 N–H and O–H groups in total. The number of hydrogen-bond donors (Lipinski definition) is 1. The predicted octanol–water partition coefficient (Wildman–Crippen LogP) is 2.51. The molecule has 2 aromatic carbocycles. The van der Waals surface area contributed by atoms with E-state index in [0.717, 1.165) is 16.9 Å². The van der Waals surface area contributed by atoms with E-state index >= 15 is 0 Å². The molecular formula is C18H19N3O2S. The smallest absolute Gasteiger partial charge is 0.251 e. The molecule has 0 bridgehead atoms. The summed E-state index contributed by atoms with van der Waals surface area (Å²) in [5.74, 6) is 0.797. The topological polar surface area (TPSA) is 64.0 Å². The molecule has 124 valence electrons. The molecule has 0 aliphatic rings. The SMILES string of the molecule is Cc1nc2ccccc2n1CCNC(=O)c1ccc([S@@](C)=O)cc1. The van der Waals surface area contributed by atoms with Crippen LogP contribution in [0, 0.1) is 6.92 Å². The lowest BCUT2D eigenvalue weighted by Gasteiger charge is -2.09. The fraction of sp³-hybridized carbons (Fsp3) is 0.222. The van der Waals surface area contributed by atoms with Crippen molar-refractivity contribution in [1.29, 1.82) is 0 Å². The van der Waals surface area contributed by atoms with Crippen LogP contribution in [0.5, 0.6) is 0 Å². The molecule has 1 heterocycles. The summed E-state index contributed by atoms with van der Waals surface area (Å²) in [5, 5.41) is 2.91. The van der Waals surface area contributed by atoms with Crippen molar-refractivity contribution in [2.24, 2.45) is 0 Å². The zero-order chi connectivity index (χ0) is 17.1. The molecule has 0 unspecified atom stereocenters. The lowest BCUT2D eigenvalue weighted by molar-refractivity contribution is 0.0952. The summed E-state index contributed by atoms with van der Waals surface area (Å²) < 4.78 is 13.5. The molecule has 0 spiro atoms. The monoisotopic (exact) mass is 341 g/mol. The van der Waals surface area contributed by atoms with Crippen molar-refractivity contribution in [3.8, 4) is 0 Å². The summed E-state index contributed by atoms with van der Waals surface area (Å²) >= 11 is 0. The minimum Gasteiger partial charge on any atom is -0.350 e. The van der Waals surface area contributed by atoms with Gasteiger partial charge in [-0.25, -0.2) is 4.98 Å². The maximum Gasteiger partial charge on any atom is 0.251 e. The van der Waals surface area contributed by atoms with Crippen LogP contribution in [-0.2, 0) is 17.3 Å². The third-order valence-corrected chi connectivity index (χ3v) is 4.85. The average molecular weight is 341 g/mol. The summed E-state index contributed by atoms with van der Waals surface area (Å²) in [5.41, 5.74) is 2.60. The highest BCUT2D eigenvalue weighted by Crippen LogP contribution is 2.15.